The number of rotatable bonds is 33. The van der Waals surface area contributed by atoms with E-state index in [0.29, 0.717) is 0 Å². The quantitative estimate of drug-likeness (QED) is 0.0547. The minimum absolute atomic E-state index is 1.21. The van der Waals surface area contributed by atoms with E-state index in [1.54, 1.807) is 0 Å². The van der Waals surface area contributed by atoms with E-state index in [1.165, 1.54) is 215 Å². The molecule has 2 nitrogen and oxygen atoms in total. The number of unbranched alkanes of at least 4 members (excludes halogenated alkanes) is 26. The normalized spacial score (nSPS) is 12.4. The first-order valence-electron chi connectivity index (χ1n) is 19.0. The van der Waals surface area contributed by atoms with Crippen LogP contribution in [0.4, 0.5) is 0 Å². The van der Waals surface area contributed by atoms with Crippen LogP contribution in [0.3, 0.4) is 0 Å². The molecule has 0 amide bonds. The average molecular weight is 567 g/mol. The minimum atomic E-state index is 1.21. The van der Waals surface area contributed by atoms with Crippen molar-refractivity contribution in [2.45, 2.75) is 194 Å². The molecule has 0 aliphatic heterocycles. The van der Waals surface area contributed by atoms with E-state index >= 15 is 0 Å². The molecule has 0 spiro atoms. The monoisotopic (exact) mass is 567 g/mol. The van der Waals surface area contributed by atoms with Gasteiger partial charge in [-0.25, -0.2) is 0 Å². The lowest BCUT2D eigenvalue weighted by molar-refractivity contribution is -0.946. The molecule has 0 heterocycles. The lowest BCUT2D eigenvalue weighted by atomic mass is 10.0. The van der Waals surface area contributed by atoms with E-state index < -0.39 is 0 Å². The first kappa shape index (κ1) is 39.9. The second-order valence-electron chi connectivity index (χ2n) is 15.0. The number of hydrogen-bond acceptors (Lipinski definition) is 0. The molecule has 242 valence electrons. The summed E-state index contributed by atoms with van der Waals surface area (Å²) in [6.45, 7) is 9.98. The second-order valence-corrected chi connectivity index (χ2v) is 15.0. The highest BCUT2D eigenvalue weighted by atomic mass is 15.4. The Bertz CT molecular complexity index is 484. The molecule has 0 rings (SSSR count). The zero-order valence-electron chi connectivity index (χ0n) is 29.5. The molecule has 0 N–H and O–H groups in total. The second kappa shape index (κ2) is 29.0. The van der Waals surface area contributed by atoms with Crippen molar-refractivity contribution >= 4 is 0 Å². The molecule has 0 bridgehead atoms. The molecule has 0 aliphatic carbocycles. The molecule has 0 atom stereocenters. The number of hydrogen-bond donors (Lipinski definition) is 0. The van der Waals surface area contributed by atoms with Crippen molar-refractivity contribution in [3.63, 3.8) is 0 Å². The Morgan fingerprint density at radius 1 is 0.225 bits per heavy atom. The Morgan fingerprint density at radius 3 is 0.600 bits per heavy atom. The van der Waals surface area contributed by atoms with Crippen molar-refractivity contribution in [3.8, 4) is 0 Å². The average Bonchev–Trinajstić information content (AvgIpc) is 2.92. The van der Waals surface area contributed by atoms with Gasteiger partial charge in [-0.15, -0.1) is 0 Å². The van der Waals surface area contributed by atoms with E-state index in [2.05, 4.69) is 42.0 Å². The van der Waals surface area contributed by atoms with E-state index in [1.807, 2.05) is 0 Å². The molecule has 0 aromatic rings. The van der Waals surface area contributed by atoms with Gasteiger partial charge < -0.3 is 8.97 Å². The van der Waals surface area contributed by atoms with Crippen molar-refractivity contribution < 1.29 is 8.97 Å². The first-order chi connectivity index (χ1) is 19.3. The molecule has 0 saturated carbocycles. The molecule has 0 saturated heterocycles. The summed E-state index contributed by atoms with van der Waals surface area (Å²) in [5, 5.41) is 0. The maximum Gasteiger partial charge on any atom is 0.128 e. The van der Waals surface area contributed by atoms with Crippen LogP contribution >= 0.6 is 0 Å². The first-order valence-corrected chi connectivity index (χ1v) is 19.0. The Hall–Kier alpha value is -0.0800. The SMILES string of the molecule is CCCCCCCCCCCCCCCCCC[N+](C)(C)CC[N+](C)(C)CCCCCCCCCCCCCC. The third-order valence-corrected chi connectivity index (χ3v) is 9.54. The van der Waals surface area contributed by atoms with E-state index in [4.69, 9.17) is 0 Å². The van der Waals surface area contributed by atoms with Crippen LogP contribution in [0.2, 0.25) is 0 Å². The molecule has 0 unspecified atom stereocenters. The largest absolute Gasteiger partial charge is 0.324 e. The van der Waals surface area contributed by atoms with Gasteiger partial charge in [0, 0.05) is 0 Å². The predicted octanol–water partition coefficient (Wildman–Crippen LogP) is 12.1. The Kier molecular flexibility index (Phi) is 29.0. The third kappa shape index (κ3) is 30.9. The van der Waals surface area contributed by atoms with Crippen LogP contribution in [0, 0.1) is 0 Å². The summed E-state index contributed by atoms with van der Waals surface area (Å²) in [5.41, 5.74) is 0. The van der Waals surface area contributed by atoms with Gasteiger partial charge in [0.05, 0.1) is 41.3 Å². The van der Waals surface area contributed by atoms with Gasteiger partial charge in [-0.1, -0.05) is 168 Å². The summed E-state index contributed by atoms with van der Waals surface area (Å²) in [6.07, 6.45) is 40.7. The van der Waals surface area contributed by atoms with Crippen LogP contribution < -0.4 is 0 Å². The summed E-state index contributed by atoms with van der Waals surface area (Å²) in [6, 6.07) is 0. The molecule has 2 heteroatoms. The summed E-state index contributed by atoms with van der Waals surface area (Å²) >= 11 is 0. The van der Waals surface area contributed by atoms with Gasteiger partial charge >= 0.3 is 0 Å². The summed E-state index contributed by atoms with van der Waals surface area (Å²) in [5.74, 6) is 0. The van der Waals surface area contributed by atoms with E-state index in [-0.39, 0.29) is 0 Å². The maximum atomic E-state index is 2.47. The number of likely N-dealkylation sites (N-methyl/N-ethyl adjacent to an activating group) is 2. The fraction of sp³-hybridized carbons (Fsp3) is 1.00. The van der Waals surface area contributed by atoms with Crippen LogP contribution in [-0.4, -0.2) is 63.3 Å². The van der Waals surface area contributed by atoms with Gasteiger partial charge in [0.25, 0.3) is 0 Å². The molecule has 0 fully saturated rings. The van der Waals surface area contributed by atoms with Crippen molar-refractivity contribution in [2.75, 3.05) is 54.4 Å². The lowest BCUT2D eigenvalue weighted by Gasteiger charge is -2.36. The van der Waals surface area contributed by atoms with Gasteiger partial charge in [0.15, 0.2) is 0 Å². The zero-order valence-corrected chi connectivity index (χ0v) is 29.5. The molecule has 40 heavy (non-hydrogen) atoms. The van der Waals surface area contributed by atoms with Crippen molar-refractivity contribution in [1.29, 1.82) is 0 Å². The third-order valence-electron chi connectivity index (χ3n) is 9.54. The smallest absolute Gasteiger partial charge is 0.128 e. The molecule has 0 aromatic carbocycles. The van der Waals surface area contributed by atoms with Crippen LogP contribution in [-0.2, 0) is 0 Å². The maximum absolute atomic E-state index is 2.47. The highest BCUT2D eigenvalue weighted by Gasteiger charge is 2.22. The molecular weight excluding hydrogens is 484 g/mol. The van der Waals surface area contributed by atoms with Crippen LogP contribution in [0.1, 0.15) is 194 Å². The predicted molar refractivity (Wildman–Crippen MR) is 184 cm³/mol. The Morgan fingerprint density at radius 2 is 0.400 bits per heavy atom. The summed E-state index contributed by atoms with van der Waals surface area (Å²) in [4.78, 5) is 0. The molecular formula is C38H82N2+2. The fourth-order valence-electron chi connectivity index (χ4n) is 6.23. The lowest BCUT2D eigenvalue weighted by Crippen LogP contribution is -2.51. The number of quaternary nitrogens is 2. The van der Waals surface area contributed by atoms with Crippen molar-refractivity contribution in [2.24, 2.45) is 0 Å². The van der Waals surface area contributed by atoms with Gasteiger partial charge in [-0.3, -0.25) is 0 Å². The minimum Gasteiger partial charge on any atom is -0.324 e. The highest BCUT2D eigenvalue weighted by molar-refractivity contribution is 4.51. The van der Waals surface area contributed by atoms with Crippen molar-refractivity contribution in [3.05, 3.63) is 0 Å². The van der Waals surface area contributed by atoms with Crippen LogP contribution in [0.15, 0.2) is 0 Å². The highest BCUT2D eigenvalue weighted by Crippen LogP contribution is 2.15. The molecule has 0 radical (unpaired) electrons. The number of nitrogens with zero attached hydrogens (tertiary/aromatic N) is 2. The molecule has 0 aromatic heterocycles. The summed E-state index contributed by atoms with van der Waals surface area (Å²) in [7, 11) is 9.87. The van der Waals surface area contributed by atoms with Crippen molar-refractivity contribution in [1.82, 2.24) is 0 Å². The van der Waals surface area contributed by atoms with Crippen LogP contribution in [0.25, 0.3) is 0 Å². The molecule has 0 aliphatic rings. The van der Waals surface area contributed by atoms with Gasteiger partial charge in [-0.05, 0) is 25.7 Å². The topological polar surface area (TPSA) is 0 Å². The van der Waals surface area contributed by atoms with Gasteiger partial charge in [0.2, 0.25) is 0 Å². The summed E-state index contributed by atoms with van der Waals surface area (Å²) < 4.78 is 2.41. The zero-order chi connectivity index (χ0) is 29.6. The fourth-order valence-corrected chi connectivity index (χ4v) is 6.23. The Balaban J connectivity index is 3.53. The van der Waals surface area contributed by atoms with E-state index in [9.17, 15) is 0 Å². The van der Waals surface area contributed by atoms with Crippen LogP contribution in [0.5, 0.6) is 0 Å². The van der Waals surface area contributed by atoms with E-state index in [0.717, 1.165) is 0 Å². The standard InChI is InChI=1S/C38H82N2/c1-7-9-11-13-15-17-19-21-22-23-24-26-28-30-32-34-36-40(5,6)38-37-39(3,4)35-33-31-29-27-25-20-18-16-14-12-10-8-2/h7-38H2,1-6H3/q+2. The Labute approximate surface area is 256 Å². The van der Waals surface area contributed by atoms with Gasteiger partial charge in [-0.2, -0.15) is 0 Å². The van der Waals surface area contributed by atoms with Gasteiger partial charge in [0.1, 0.15) is 13.1 Å².